The molecule has 1 aliphatic carbocycles. The van der Waals surface area contributed by atoms with Crippen molar-refractivity contribution in [2.45, 2.75) is 57.4 Å². The van der Waals surface area contributed by atoms with Crippen molar-refractivity contribution in [1.29, 1.82) is 0 Å². The predicted octanol–water partition coefficient (Wildman–Crippen LogP) is 1.27. The fourth-order valence-corrected chi connectivity index (χ4v) is 7.26. The smallest absolute Gasteiger partial charge is 0.296 e. The van der Waals surface area contributed by atoms with E-state index < -0.39 is 37.5 Å². The Kier molecular flexibility index (Phi) is 5.50. The standard InChI is InChI=1S/C23H26N6O5S/c1-14-5-6-16(17(11-14)29-15(2)25-13-26-29)12-24-20(31)18-19(30)21(32)28-9-10-35(33,34)23(22(28)27-18)7-3-4-8-23/h5-6,11,13,30H,3-4,7-10,12H2,1-2H3,(H,24,31). The number of fused-ring (bicyclic) bond motifs is 2. The Morgan fingerprint density at radius 3 is 2.66 bits per heavy atom. The minimum absolute atomic E-state index is 0.0588. The van der Waals surface area contributed by atoms with Gasteiger partial charge in [-0.15, -0.1) is 0 Å². The second-order valence-corrected chi connectivity index (χ2v) is 11.6. The van der Waals surface area contributed by atoms with Gasteiger partial charge >= 0.3 is 0 Å². The van der Waals surface area contributed by atoms with Crippen molar-refractivity contribution >= 4 is 15.7 Å². The maximum atomic E-state index is 13.1. The second kappa shape index (κ2) is 8.29. The molecule has 0 radical (unpaired) electrons. The fourth-order valence-electron chi connectivity index (χ4n) is 5.10. The van der Waals surface area contributed by atoms with E-state index >= 15 is 0 Å². The van der Waals surface area contributed by atoms with Crippen molar-refractivity contribution in [3.63, 3.8) is 0 Å². The highest BCUT2D eigenvalue weighted by molar-refractivity contribution is 7.92. The van der Waals surface area contributed by atoms with E-state index in [9.17, 15) is 23.1 Å². The van der Waals surface area contributed by atoms with E-state index in [0.29, 0.717) is 31.5 Å². The molecule has 11 nitrogen and oxygen atoms in total. The van der Waals surface area contributed by atoms with Crippen molar-refractivity contribution in [3.05, 3.63) is 63.3 Å². The van der Waals surface area contributed by atoms with E-state index in [4.69, 9.17) is 0 Å². The van der Waals surface area contributed by atoms with Gasteiger partial charge in [0.25, 0.3) is 11.5 Å². The SMILES string of the molecule is Cc1ccc(CNC(=O)c2nc3n(c(=O)c2O)CCS(=O)(=O)C32CCCC2)c(-n2ncnc2C)c1. The Hall–Kier alpha value is -3.54. The number of amides is 1. The summed E-state index contributed by atoms with van der Waals surface area (Å²) in [5, 5.41) is 17.5. The lowest BCUT2D eigenvalue weighted by atomic mass is 10.0. The Balaban J connectivity index is 1.50. The summed E-state index contributed by atoms with van der Waals surface area (Å²) in [4.78, 5) is 34.5. The molecule has 0 atom stereocenters. The van der Waals surface area contributed by atoms with E-state index in [-0.39, 0.29) is 24.7 Å². The van der Waals surface area contributed by atoms with Gasteiger partial charge in [-0.3, -0.25) is 14.2 Å². The van der Waals surface area contributed by atoms with Gasteiger partial charge in [0.1, 0.15) is 22.7 Å². The largest absolute Gasteiger partial charge is 0.501 e. The van der Waals surface area contributed by atoms with Crippen LogP contribution in [0.15, 0.2) is 29.3 Å². The maximum Gasteiger partial charge on any atom is 0.296 e. The first-order chi connectivity index (χ1) is 16.6. The van der Waals surface area contributed by atoms with Crippen molar-refractivity contribution in [1.82, 2.24) is 29.6 Å². The minimum atomic E-state index is -3.55. The third-order valence-corrected chi connectivity index (χ3v) is 9.49. The predicted molar refractivity (Wildman–Crippen MR) is 126 cm³/mol. The van der Waals surface area contributed by atoms with Crippen LogP contribution in [0.1, 0.15) is 58.9 Å². The van der Waals surface area contributed by atoms with Gasteiger partial charge in [0.05, 0.1) is 11.4 Å². The van der Waals surface area contributed by atoms with Gasteiger partial charge in [0.2, 0.25) is 5.75 Å². The van der Waals surface area contributed by atoms with Crippen LogP contribution in [0, 0.1) is 13.8 Å². The van der Waals surface area contributed by atoms with Crippen LogP contribution in [0.4, 0.5) is 0 Å². The highest BCUT2D eigenvalue weighted by Crippen LogP contribution is 2.47. The number of carbonyl (C=O) groups excluding carboxylic acids is 1. The lowest BCUT2D eigenvalue weighted by Gasteiger charge is -2.34. The van der Waals surface area contributed by atoms with Gasteiger partial charge in [-0.05, 0) is 43.9 Å². The summed E-state index contributed by atoms with van der Waals surface area (Å²) in [6.45, 7) is 3.72. The number of aromatic hydroxyl groups is 1. The monoisotopic (exact) mass is 498 g/mol. The zero-order chi connectivity index (χ0) is 25.0. The Bertz CT molecular complexity index is 1500. The highest BCUT2D eigenvalue weighted by atomic mass is 32.2. The topological polar surface area (TPSA) is 149 Å². The first kappa shape index (κ1) is 23.2. The summed E-state index contributed by atoms with van der Waals surface area (Å²) in [7, 11) is -3.55. The minimum Gasteiger partial charge on any atom is -0.501 e. The van der Waals surface area contributed by atoms with Crippen molar-refractivity contribution < 1.29 is 18.3 Å². The quantitative estimate of drug-likeness (QED) is 0.546. The molecule has 1 amide bonds. The summed E-state index contributed by atoms with van der Waals surface area (Å²) in [5.74, 6) is -1.00. The van der Waals surface area contributed by atoms with E-state index in [1.54, 1.807) is 4.68 Å². The molecule has 2 N–H and O–H groups in total. The molecule has 2 aliphatic rings. The molecule has 0 bridgehead atoms. The molecule has 1 aliphatic heterocycles. The van der Waals surface area contributed by atoms with E-state index in [1.165, 1.54) is 10.9 Å². The van der Waals surface area contributed by atoms with Crippen LogP contribution < -0.4 is 10.9 Å². The van der Waals surface area contributed by atoms with Crippen LogP contribution in [0.5, 0.6) is 5.75 Å². The number of aromatic nitrogens is 5. The van der Waals surface area contributed by atoms with Gasteiger partial charge in [-0.1, -0.05) is 25.0 Å². The van der Waals surface area contributed by atoms with E-state index in [1.807, 2.05) is 32.0 Å². The average Bonchev–Trinajstić information content (AvgIpc) is 3.48. The summed E-state index contributed by atoms with van der Waals surface area (Å²) < 4.78 is 27.6. The van der Waals surface area contributed by atoms with E-state index in [0.717, 1.165) is 16.8 Å². The van der Waals surface area contributed by atoms with Gasteiger partial charge in [-0.25, -0.2) is 23.1 Å². The molecule has 0 unspecified atom stereocenters. The zero-order valence-electron chi connectivity index (χ0n) is 19.5. The van der Waals surface area contributed by atoms with Crippen LogP contribution in [0.25, 0.3) is 5.69 Å². The van der Waals surface area contributed by atoms with Crippen LogP contribution >= 0.6 is 0 Å². The van der Waals surface area contributed by atoms with Crippen LogP contribution in [0.3, 0.4) is 0 Å². The molecule has 5 rings (SSSR count). The molecule has 1 saturated carbocycles. The molecule has 35 heavy (non-hydrogen) atoms. The van der Waals surface area contributed by atoms with Crippen molar-refractivity contribution in [2.75, 3.05) is 5.75 Å². The second-order valence-electron chi connectivity index (χ2n) is 9.14. The Morgan fingerprint density at radius 2 is 1.97 bits per heavy atom. The number of rotatable bonds is 4. The van der Waals surface area contributed by atoms with Gasteiger partial charge in [0.15, 0.2) is 15.5 Å². The number of benzene rings is 1. The molecular weight excluding hydrogens is 472 g/mol. The first-order valence-electron chi connectivity index (χ1n) is 11.5. The summed E-state index contributed by atoms with van der Waals surface area (Å²) in [6, 6.07) is 5.66. The van der Waals surface area contributed by atoms with Crippen molar-refractivity contribution in [3.8, 4) is 11.4 Å². The zero-order valence-corrected chi connectivity index (χ0v) is 20.3. The van der Waals surface area contributed by atoms with Gasteiger partial charge in [0, 0.05) is 13.1 Å². The van der Waals surface area contributed by atoms with Crippen LogP contribution in [-0.2, 0) is 27.7 Å². The number of carbonyl (C=O) groups is 1. The first-order valence-corrected chi connectivity index (χ1v) is 13.1. The number of aryl methyl sites for hydroxylation is 2. The third-order valence-electron chi connectivity index (χ3n) is 6.98. The normalized spacial score (nSPS) is 17.9. The molecule has 0 saturated heterocycles. The molecule has 2 aromatic heterocycles. The third kappa shape index (κ3) is 3.63. The van der Waals surface area contributed by atoms with Crippen LogP contribution in [-0.4, -0.2) is 49.5 Å². The summed E-state index contributed by atoms with van der Waals surface area (Å²) in [5.41, 5.74) is 1.21. The van der Waals surface area contributed by atoms with Gasteiger partial charge in [-0.2, -0.15) is 5.10 Å². The number of nitrogens with one attached hydrogen (secondary N) is 1. The van der Waals surface area contributed by atoms with Crippen molar-refractivity contribution in [2.24, 2.45) is 0 Å². The summed E-state index contributed by atoms with van der Waals surface area (Å²) in [6.07, 6.45) is 3.51. The molecule has 1 fully saturated rings. The number of nitrogens with zero attached hydrogens (tertiary/aromatic N) is 5. The molecule has 184 valence electrons. The molecule has 3 heterocycles. The summed E-state index contributed by atoms with van der Waals surface area (Å²) >= 11 is 0. The van der Waals surface area contributed by atoms with E-state index in [2.05, 4.69) is 20.4 Å². The lowest BCUT2D eigenvalue weighted by molar-refractivity contribution is 0.0941. The number of hydrogen-bond donors (Lipinski definition) is 2. The number of sulfone groups is 1. The molecule has 12 heteroatoms. The molecule has 3 aromatic rings. The molecule has 1 aromatic carbocycles. The molecular formula is C23H26N6O5S. The maximum absolute atomic E-state index is 13.1. The average molecular weight is 499 g/mol. The lowest BCUT2D eigenvalue weighted by Crippen LogP contribution is -2.48. The highest BCUT2D eigenvalue weighted by Gasteiger charge is 2.53. The Morgan fingerprint density at radius 1 is 1.23 bits per heavy atom. The number of hydrogen-bond acceptors (Lipinski definition) is 8. The fraction of sp³-hybridized carbons (Fsp3) is 0.435. The Labute approximate surface area is 201 Å². The van der Waals surface area contributed by atoms with Gasteiger partial charge < -0.3 is 10.4 Å². The molecule has 1 spiro atoms. The van der Waals surface area contributed by atoms with Crippen LogP contribution in [0.2, 0.25) is 0 Å².